The van der Waals surface area contributed by atoms with Crippen molar-refractivity contribution in [2.24, 2.45) is 11.7 Å². The van der Waals surface area contributed by atoms with Gasteiger partial charge in [0.2, 0.25) is 5.91 Å². The highest BCUT2D eigenvalue weighted by Crippen LogP contribution is 2.35. The second kappa shape index (κ2) is 5.57. The Morgan fingerprint density at radius 2 is 1.94 bits per heavy atom. The Bertz CT molecular complexity index is 293. The van der Waals surface area contributed by atoms with Gasteiger partial charge >= 0.3 is 0 Å². The molecule has 0 bridgehead atoms. The highest BCUT2D eigenvalue weighted by Gasteiger charge is 2.37. The number of nitrogens with two attached hydrogens (primary N) is 1. The minimum Gasteiger partial charge on any atom is -0.352 e. The topological polar surface area (TPSA) is 58.4 Å². The van der Waals surface area contributed by atoms with Gasteiger partial charge in [0, 0.05) is 18.1 Å². The van der Waals surface area contributed by atoms with Gasteiger partial charge in [-0.3, -0.25) is 9.69 Å². The van der Waals surface area contributed by atoms with Gasteiger partial charge in [-0.05, 0) is 51.5 Å². The molecule has 104 valence electrons. The molecule has 1 amide bonds. The van der Waals surface area contributed by atoms with Gasteiger partial charge in [-0.15, -0.1) is 0 Å². The van der Waals surface area contributed by atoms with Crippen LogP contribution in [0.25, 0.3) is 0 Å². The van der Waals surface area contributed by atoms with Gasteiger partial charge in [-0.2, -0.15) is 0 Å². The Labute approximate surface area is 110 Å². The van der Waals surface area contributed by atoms with Gasteiger partial charge in [-0.25, -0.2) is 0 Å². The molecule has 2 fully saturated rings. The van der Waals surface area contributed by atoms with Gasteiger partial charge in [0.1, 0.15) is 0 Å². The van der Waals surface area contributed by atoms with Gasteiger partial charge in [-0.1, -0.05) is 6.92 Å². The van der Waals surface area contributed by atoms with E-state index in [4.69, 9.17) is 5.73 Å². The summed E-state index contributed by atoms with van der Waals surface area (Å²) < 4.78 is 0. The maximum atomic E-state index is 11.9. The molecule has 3 N–H and O–H groups in total. The summed E-state index contributed by atoms with van der Waals surface area (Å²) in [4.78, 5) is 14.1. The average Bonchev–Trinajstić information content (AvgIpc) is 3.14. The molecule has 2 aliphatic carbocycles. The van der Waals surface area contributed by atoms with Crippen LogP contribution in [0.5, 0.6) is 0 Å². The minimum atomic E-state index is 0.0490. The fraction of sp³-hybridized carbons (Fsp3) is 0.929. The number of hydrogen-bond acceptors (Lipinski definition) is 3. The number of hydrogen-bond donors (Lipinski definition) is 2. The molecule has 2 aliphatic rings. The number of carbonyl (C=O) groups is 1. The van der Waals surface area contributed by atoms with Crippen molar-refractivity contribution in [3.63, 3.8) is 0 Å². The van der Waals surface area contributed by atoms with E-state index in [1.807, 2.05) is 0 Å². The molecule has 0 aromatic heterocycles. The quantitative estimate of drug-likeness (QED) is 0.771. The largest absolute Gasteiger partial charge is 0.352 e. The highest BCUT2D eigenvalue weighted by atomic mass is 16.2. The van der Waals surface area contributed by atoms with Crippen LogP contribution in [0.1, 0.15) is 45.4 Å². The van der Waals surface area contributed by atoms with E-state index in [-0.39, 0.29) is 11.4 Å². The van der Waals surface area contributed by atoms with Crippen LogP contribution in [0.2, 0.25) is 0 Å². The van der Waals surface area contributed by atoms with Gasteiger partial charge in [0.05, 0.1) is 6.54 Å². The average molecular weight is 253 g/mol. The maximum Gasteiger partial charge on any atom is 0.234 e. The van der Waals surface area contributed by atoms with Crippen molar-refractivity contribution >= 4 is 5.91 Å². The van der Waals surface area contributed by atoms with E-state index in [0.717, 1.165) is 31.6 Å². The van der Waals surface area contributed by atoms with Crippen LogP contribution in [0, 0.1) is 5.92 Å². The Morgan fingerprint density at radius 3 is 2.44 bits per heavy atom. The number of rotatable bonds is 5. The van der Waals surface area contributed by atoms with E-state index >= 15 is 0 Å². The molecular formula is C14H27N3O. The third kappa shape index (κ3) is 3.23. The summed E-state index contributed by atoms with van der Waals surface area (Å²) in [5.41, 5.74) is 6.05. The number of amides is 1. The normalized spacial score (nSPS) is 32.6. The second-order valence-electron chi connectivity index (χ2n) is 6.31. The molecule has 4 heteroatoms. The molecule has 4 nitrogen and oxygen atoms in total. The molecule has 2 rings (SSSR count). The van der Waals surface area contributed by atoms with Crippen molar-refractivity contribution in [3.8, 4) is 0 Å². The number of nitrogens with one attached hydrogen (secondary N) is 1. The third-order valence-electron chi connectivity index (χ3n) is 4.72. The minimum absolute atomic E-state index is 0.0490. The molecule has 0 heterocycles. The molecular weight excluding hydrogens is 226 g/mol. The van der Waals surface area contributed by atoms with E-state index in [2.05, 4.69) is 24.2 Å². The first-order chi connectivity index (χ1) is 8.55. The zero-order valence-electron chi connectivity index (χ0n) is 11.7. The molecule has 2 saturated carbocycles. The fourth-order valence-corrected chi connectivity index (χ4v) is 2.93. The lowest BCUT2D eigenvalue weighted by Crippen LogP contribution is -2.56. The molecule has 0 aromatic carbocycles. The summed E-state index contributed by atoms with van der Waals surface area (Å²) >= 11 is 0. The predicted molar refractivity (Wildman–Crippen MR) is 73.2 cm³/mol. The lowest BCUT2D eigenvalue weighted by Gasteiger charge is -2.45. The number of carbonyl (C=O) groups excluding carboxylic acids is 1. The first kappa shape index (κ1) is 13.8. The standard InChI is InChI=1S/C14H27N3O/c1-11-5-7-14(10-15,8-6-11)17(2)9-13(18)16-12-3-4-12/h11-12H,3-10,15H2,1-2H3,(H,16,18). The van der Waals surface area contributed by atoms with Crippen molar-refractivity contribution in [1.29, 1.82) is 0 Å². The summed E-state index contributed by atoms with van der Waals surface area (Å²) in [5.74, 6) is 0.963. The van der Waals surface area contributed by atoms with Crippen molar-refractivity contribution in [3.05, 3.63) is 0 Å². The van der Waals surface area contributed by atoms with Crippen LogP contribution in [0.4, 0.5) is 0 Å². The van der Waals surface area contributed by atoms with E-state index in [0.29, 0.717) is 19.1 Å². The van der Waals surface area contributed by atoms with Gasteiger partial charge in [0.15, 0.2) is 0 Å². The first-order valence-corrected chi connectivity index (χ1v) is 7.26. The van der Waals surface area contributed by atoms with E-state index in [1.54, 1.807) is 0 Å². The Morgan fingerprint density at radius 1 is 1.33 bits per heavy atom. The molecule has 0 atom stereocenters. The smallest absolute Gasteiger partial charge is 0.234 e. The fourth-order valence-electron chi connectivity index (χ4n) is 2.93. The lowest BCUT2D eigenvalue weighted by atomic mass is 9.76. The van der Waals surface area contributed by atoms with Crippen LogP contribution < -0.4 is 11.1 Å². The zero-order chi connectivity index (χ0) is 13.2. The van der Waals surface area contributed by atoms with E-state index < -0.39 is 0 Å². The van der Waals surface area contributed by atoms with Crippen molar-refractivity contribution in [1.82, 2.24) is 10.2 Å². The van der Waals surface area contributed by atoms with Crippen LogP contribution in [0.3, 0.4) is 0 Å². The Balaban J connectivity index is 1.87. The molecule has 0 saturated heterocycles. The summed E-state index contributed by atoms with van der Waals surface area (Å²) in [6.45, 7) is 3.45. The predicted octanol–water partition coefficient (Wildman–Crippen LogP) is 1.10. The lowest BCUT2D eigenvalue weighted by molar-refractivity contribution is -0.123. The van der Waals surface area contributed by atoms with Crippen molar-refractivity contribution in [2.75, 3.05) is 20.1 Å². The van der Waals surface area contributed by atoms with Crippen molar-refractivity contribution in [2.45, 2.75) is 57.0 Å². The molecule has 0 aromatic rings. The van der Waals surface area contributed by atoms with Crippen LogP contribution in [-0.2, 0) is 4.79 Å². The second-order valence-corrected chi connectivity index (χ2v) is 6.31. The first-order valence-electron chi connectivity index (χ1n) is 7.26. The monoisotopic (exact) mass is 253 g/mol. The number of nitrogens with zero attached hydrogens (tertiary/aromatic N) is 1. The Kier molecular flexibility index (Phi) is 4.28. The van der Waals surface area contributed by atoms with Crippen LogP contribution >= 0.6 is 0 Å². The summed E-state index contributed by atoms with van der Waals surface area (Å²) in [6.07, 6.45) is 7.00. The molecule has 0 unspecified atom stereocenters. The van der Waals surface area contributed by atoms with E-state index in [9.17, 15) is 4.79 Å². The third-order valence-corrected chi connectivity index (χ3v) is 4.72. The summed E-state index contributed by atoms with van der Waals surface area (Å²) in [6, 6.07) is 0.450. The summed E-state index contributed by atoms with van der Waals surface area (Å²) in [7, 11) is 2.05. The molecule has 0 aliphatic heterocycles. The molecule has 0 spiro atoms. The van der Waals surface area contributed by atoms with E-state index in [1.165, 1.54) is 12.8 Å². The number of likely N-dealkylation sites (N-methyl/N-ethyl adjacent to an activating group) is 1. The molecule has 0 radical (unpaired) electrons. The zero-order valence-corrected chi connectivity index (χ0v) is 11.7. The maximum absolute atomic E-state index is 11.9. The van der Waals surface area contributed by atoms with Gasteiger partial charge in [0.25, 0.3) is 0 Å². The van der Waals surface area contributed by atoms with Crippen LogP contribution in [-0.4, -0.2) is 42.5 Å². The summed E-state index contributed by atoms with van der Waals surface area (Å²) in [5, 5.41) is 3.05. The van der Waals surface area contributed by atoms with Gasteiger partial charge < -0.3 is 11.1 Å². The molecule has 18 heavy (non-hydrogen) atoms. The van der Waals surface area contributed by atoms with Crippen molar-refractivity contribution < 1.29 is 4.79 Å². The highest BCUT2D eigenvalue weighted by molar-refractivity contribution is 5.78. The van der Waals surface area contributed by atoms with Crippen LogP contribution in [0.15, 0.2) is 0 Å². The SMILES string of the molecule is CC1CCC(CN)(N(C)CC(=O)NC2CC2)CC1. The Hall–Kier alpha value is -0.610.